The Kier molecular flexibility index (Phi) is 6.68. The Hall–Kier alpha value is -2.08. The SMILES string of the molecule is Cc1cccc(OCCN(C)C(=O)C(N)CCC(=O)O)c1. The van der Waals surface area contributed by atoms with Crippen LogP contribution in [0.3, 0.4) is 0 Å². The summed E-state index contributed by atoms with van der Waals surface area (Å²) in [5.74, 6) is -0.473. The first kappa shape index (κ1) is 17.0. The van der Waals surface area contributed by atoms with Crippen molar-refractivity contribution in [1.82, 2.24) is 4.90 Å². The van der Waals surface area contributed by atoms with Crippen LogP contribution in [-0.2, 0) is 9.59 Å². The van der Waals surface area contributed by atoms with Crippen LogP contribution in [0.4, 0.5) is 0 Å². The summed E-state index contributed by atoms with van der Waals surface area (Å²) in [5, 5.41) is 8.57. The lowest BCUT2D eigenvalue weighted by Gasteiger charge is -2.21. The number of aliphatic carboxylic acids is 1. The first-order valence-corrected chi connectivity index (χ1v) is 6.82. The molecule has 0 bridgehead atoms. The van der Waals surface area contributed by atoms with Crippen molar-refractivity contribution in [1.29, 1.82) is 0 Å². The van der Waals surface area contributed by atoms with E-state index in [2.05, 4.69) is 0 Å². The van der Waals surface area contributed by atoms with Gasteiger partial charge in [-0.05, 0) is 31.0 Å². The van der Waals surface area contributed by atoms with Crippen LogP contribution in [0.25, 0.3) is 0 Å². The van der Waals surface area contributed by atoms with Crippen LogP contribution in [0.2, 0.25) is 0 Å². The third-order valence-corrected chi connectivity index (χ3v) is 3.05. The van der Waals surface area contributed by atoms with Gasteiger partial charge in [-0.3, -0.25) is 9.59 Å². The number of benzene rings is 1. The Bertz CT molecular complexity index is 490. The summed E-state index contributed by atoms with van der Waals surface area (Å²) in [7, 11) is 1.63. The molecule has 0 aliphatic rings. The van der Waals surface area contributed by atoms with Crippen molar-refractivity contribution in [2.24, 2.45) is 5.73 Å². The van der Waals surface area contributed by atoms with Crippen LogP contribution in [0, 0.1) is 6.92 Å². The Morgan fingerprint density at radius 1 is 1.43 bits per heavy atom. The number of rotatable bonds is 8. The largest absolute Gasteiger partial charge is 0.492 e. The molecule has 0 spiro atoms. The minimum absolute atomic E-state index is 0.111. The number of hydrogen-bond donors (Lipinski definition) is 2. The van der Waals surface area contributed by atoms with Gasteiger partial charge in [0.05, 0.1) is 12.6 Å². The molecule has 6 nitrogen and oxygen atoms in total. The quantitative estimate of drug-likeness (QED) is 0.747. The minimum atomic E-state index is -0.955. The van der Waals surface area contributed by atoms with Gasteiger partial charge >= 0.3 is 5.97 Å². The molecular weight excluding hydrogens is 272 g/mol. The minimum Gasteiger partial charge on any atom is -0.492 e. The van der Waals surface area contributed by atoms with E-state index in [1.807, 2.05) is 31.2 Å². The van der Waals surface area contributed by atoms with Crippen molar-refractivity contribution < 1.29 is 19.4 Å². The first-order valence-electron chi connectivity index (χ1n) is 6.82. The third-order valence-electron chi connectivity index (χ3n) is 3.05. The number of likely N-dealkylation sites (N-methyl/N-ethyl adjacent to an activating group) is 1. The maximum absolute atomic E-state index is 11.9. The summed E-state index contributed by atoms with van der Waals surface area (Å²) in [6.45, 7) is 2.73. The van der Waals surface area contributed by atoms with E-state index in [1.165, 1.54) is 4.90 Å². The van der Waals surface area contributed by atoms with E-state index >= 15 is 0 Å². The van der Waals surface area contributed by atoms with Gasteiger partial charge in [-0.25, -0.2) is 0 Å². The molecule has 1 rings (SSSR count). The maximum atomic E-state index is 11.9. The Labute approximate surface area is 124 Å². The molecule has 3 N–H and O–H groups in total. The van der Waals surface area contributed by atoms with E-state index in [1.54, 1.807) is 7.05 Å². The topological polar surface area (TPSA) is 92.9 Å². The van der Waals surface area contributed by atoms with E-state index in [-0.39, 0.29) is 18.7 Å². The van der Waals surface area contributed by atoms with Crippen LogP contribution < -0.4 is 10.5 Å². The second kappa shape index (κ2) is 8.26. The maximum Gasteiger partial charge on any atom is 0.303 e. The monoisotopic (exact) mass is 294 g/mol. The van der Waals surface area contributed by atoms with Gasteiger partial charge in [0, 0.05) is 13.5 Å². The van der Waals surface area contributed by atoms with Gasteiger partial charge in [0.1, 0.15) is 12.4 Å². The van der Waals surface area contributed by atoms with Crippen molar-refractivity contribution >= 4 is 11.9 Å². The second-order valence-corrected chi connectivity index (χ2v) is 4.96. The molecule has 1 aromatic rings. The predicted octanol–water partition coefficient (Wildman–Crippen LogP) is 1.02. The van der Waals surface area contributed by atoms with Crippen molar-refractivity contribution in [2.75, 3.05) is 20.2 Å². The fourth-order valence-corrected chi connectivity index (χ4v) is 1.80. The van der Waals surface area contributed by atoms with Gasteiger partial charge in [-0.2, -0.15) is 0 Å². The lowest BCUT2D eigenvalue weighted by Crippen LogP contribution is -2.43. The molecule has 1 atom stereocenters. The molecule has 0 heterocycles. The summed E-state index contributed by atoms with van der Waals surface area (Å²) in [6, 6.07) is 6.86. The second-order valence-electron chi connectivity index (χ2n) is 4.96. The van der Waals surface area contributed by atoms with E-state index in [4.69, 9.17) is 15.6 Å². The first-order chi connectivity index (χ1) is 9.90. The molecule has 0 radical (unpaired) electrons. The van der Waals surface area contributed by atoms with Crippen molar-refractivity contribution in [2.45, 2.75) is 25.8 Å². The molecule has 21 heavy (non-hydrogen) atoms. The number of hydrogen-bond acceptors (Lipinski definition) is 4. The molecule has 116 valence electrons. The number of ether oxygens (including phenoxy) is 1. The number of amides is 1. The van der Waals surface area contributed by atoms with E-state index < -0.39 is 12.0 Å². The number of carbonyl (C=O) groups excluding carboxylic acids is 1. The Morgan fingerprint density at radius 3 is 2.76 bits per heavy atom. The molecule has 0 saturated carbocycles. The molecule has 0 aliphatic carbocycles. The molecule has 1 aromatic carbocycles. The van der Waals surface area contributed by atoms with E-state index in [0.29, 0.717) is 13.2 Å². The molecule has 6 heteroatoms. The zero-order chi connectivity index (χ0) is 15.8. The summed E-state index contributed by atoms with van der Waals surface area (Å²) < 4.78 is 5.56. The zero-order valence-corrected chi connectivity index (χ0v) is 12.4. The Balaban J connectivity index is 2.34. The fourth-order valence-electron chi connectivity index (χ4n) is 1.80. The average molecular weight is 294 g/mol. The predicted molar refractivity (Wildman–Crippen MR) is 79.2 cm³/mol. The number of nitrogens with zero attached hydrogens (tertiary/aromatic N) is 1. The highest BCUT2D eigenvalue weighted by molar-refractivity contribution is 5.82. The molecule has 0 aliphatic heterocycles. The van der Waals surface area contributed by atoms with Crippen LogP contribution in [0.5, 0.6) is 5.75 Å². The van der Waals surface area contributed by atoms with E-state index in [0.717, 1.165) is 11.3 Å². The number of carboxylic acid groups (broad SMARTS) is 1. The number of nitrogens with two attached hydrogens (primary N) is 1. The normalized spacial score (nSPS) is 11.8. The highest BCUT2D eigenvalue weighted by atomic mass is 16.5. The van der Waals surface area contributed by atoms with Gasteiger partial charge in [0.2, 0.25) is 5.91 Å². The molecule has 0 fully saturated rings. The van der Waals surface area contributed by atoms with Gasteiger partial charge < -0.3 is 20.5 Å². The summed E-state index contributed by atoms with van der Waals surface area (Å²) in [6.07, 6.45) is 0.0256. The number of aryl methyl sites for hydroxylation is 1. The van der Waals surface area contributed by atoms with Crippen molar-refractivity contribution in [3.05, 3.63) is 29.8 Å². The van der Waals surface area contributed by atoms with Crippen molar-refractivity contribution in [3.63, 3.8) is 0 Å². The van der Waals surface area contributed by atoms with Gasteiger partial charge in [-0.1, -0.05) is 12.1 Å². The average Bonchev–Trinajstić information content (AvgIpc) is 2.43. The number of carbonyl (C=O) groups is 2. The fraction of sp³-hybridized carbons (Fsp3) is 0.467. The molecule has 0 saturated heterocycles. The Morgan fingerprint density at radius 2 is 2.14 bits per heavy atom. The summed E-state index contributed by atoms with van der Waals surface area (Å²) in [4.78, 5) is 23.8. The van der Waals surface area contributed by atoms with Crippen LogP contribution in [-0.4, -0.2) is 48.1 Å². The lowest BCUT2D eigenvalue weighted by atomic mass is 10.1. The third kappa shape index (κ3) is 6.27. The van der Waals surface area contributed by atoms with Crippen LogP contribution in [0.15, 0.2) is 24.3 Å². The van der Waals surface area contributed by atoms with Crippen LogP contribution >= 0.6 is 0 Å². The summed E-state index contributed by atoms with van der Waals surface area (Å²) in [5.41, 5.74) is 6.78. The number of carboxylic acids is 1. The highest BCUT2D eigenvalue weighted by Gasteiger charge is 2.18. The summed E-state index contributed by atoms with van der Waals surface area (Å²) >= 11 is 0. The van der Waals surface area contributed by atoms with Crippen molar-refractivity contribution in [3.8, 4) is 5.75 Å². The van der Waals surface area contributed by atoms with E-state index in [9.17, 15) is 9.59 Å². The van der Waals surface area contributed by atoms with Gasteiger partial charge in [0.25, 0.3) is 0 Å². The van der Waals surface area contributed by atoms with Gasteiger partial charge in [-0.15, -0.1) is 0 Å². The lowest BCUT2D eigenvalue weighted by molar-refractivity contribution is -0.137. The molecule has 1 unspecified atom stereocenters. The molecule has 1 amide bonds. The standard InChI is InChI=1S/C15H22N2O4/c1-11-4-3-5-12(10-11)21-9-8-17(2)15(20)13(16)6-7-14(18)19/h3-5,10,13H,6-9,16H2,1-2H3,(H,18,19). The molecular formula is C15H22N2O4. The van der Waals surface area contributed by atoms with Gasteiger partial charge in [0.15, 0.2) is 0 Å². The smallest absolute Gasteiger partial charge is 0.303 e. The molecule has 0 aromatic heterocycles. The van der Waals surface area contributed by atoms with Crippen LogP contribution in [0.1, 0.15) is 18.4 Å². The zero-order valence-electron chi connectivity index (χ0n) is 12.4. The highest BCUT2D eigenvalue weighted by Crippen LogP contribution is 2.12.